The minimum Gasteiger partial charge on any atom is -0.355 e. The first kappa shape index (κ1) is 20.8. The number of hydrogen-bond donors (Lipinski definition) is 1. The van der Waals surface area contributed by atoms with Crippen LogP contribution in [0, 0.1) is 12.7 Å². The summed E-state index contributed by atoms with van der Waals surface area (Å²) in [6.07, 6.45) is 1.92. The largest absolute Gasteiger partial charge is 0.355 e. The van der Waals surface area contributed by atoms with Gasteiger partial charge in [-0.1, -0.05) is 23.7 Å². The molecule has 1 saturated heterocycles. The molecule has 0 saturated carbocycles. The van der Waals surface area contributed by atoms with E-state index in [2.05, 4.69) is 5.32 Å². The number of carbonyl (C=O) groups is 1. The van der Waals surface area contributed by atoms with Crippen molar-refractivity contribution in [2.45, 2.75) is 43.7 Å². The van der Waals surface area contributed by atoms with E-state index >= 15 is 0 Å². The zero-order valence-electron chi connectivity index (χ0n) is 15.5. The topological polar surface area (TPSA) is 66.5 Å². The third-order valence-corrected chi connectivity index (χ3v) is 6.97. The maximum absolute atomic E-state index is 14.0. The highest BCUT2D eigenvalue weighted by molar-refractivity contribution is 7.89. The number of amides is 1. The third-order valence-electron chi connectivity index (χ3n) is 4.85. The lowest BCUT2D eigenvalue weighted by molar-refractivity contribution is -0.124. The van der Waals surface area contributed by atoms with Crippen molar-refractivity contribution >= 4 is 27.5 Å². The normalized spacial score (nSPS) is 18.0. The van der Waals surface area contributed by atoms with Gasteiger partial charge in [0.1, 0.15) is 11.9 Å². The van der Waals surface area contributed by atoms with Gasteiger partial charge in [-0.2, -0.15) is 4.31 Å². The van der Waals surface area contributed by atoms with Crippen LogP contribution in [0.25, 0.3) is 0 Å². The predicted octanol–water partition coefficient (Wildman–Crippen LogP) is 3.65. The van der Waals surface area contributed by atoms with Crippen molar-refractivity contribution in [3.63, 3.8) is 0 Å². The van der Waals surface area contributed by atoms with Crippen molar-refractivity contribution in [3.05, 3.63) is 64.4 Å². The van der Waals surface area contributed by atoms with Gasteiger partial charge in [0.2, 0.25) is 15.9 Å². The molecule has 0 aliphatic carbocycles. The SMILES string of the molecule is Cc1ccc(CN([C@@H]2CCCCNC2=O)S(=O)(=O)c2ccc(Cl)cc2)cc1F. The summed E-state index contributed by atoms with van der Waals surface area (Å²) < 4.78 is 41.9. The van der Waals surface area contributed by atoms with Crippen molar-refractivity contribution in [1.29, 1.82) is 0 Å². The molecule has 1 aliphatic rings. The molecule has 0 aromatic heterocycles. The lowest BCUT2D eigenvalue weighted by Crippen LogP contribution is -2.48. The summed E-state index contributed by atoms with van der Waals surface area (Å²) in [5, 5.41) is 3.19. The third kappa shape index (κ3) is 4.54. The summed E-state index contributed by atoms with van der Waals surface area (Å²) in [4.78, 5) is 12.6. The van der Waals surface area contributed by atoms with Gasteiger partial charge >= 0.3 is 0 Å². The zero-order chi connectivity index (χ0) is 20.3. The van der Waals surface area contributed by atoms with Gasteiger partial charge in [-0.15, -0.1) is 0 Å². The van der Waals surface area contributed by atoms with Crippen molar-refractivity contribution in [2.24, 2.45) is 0 Å². The average Bonchev–Trinajstić information content (AvgIpc) is 2.87. The molecule has 1 heterocycles. The van der Waals surface area contributed by atoms with Crippen LogP contribution in [0.15, 0.2) is 47.4 Å². The summed E-state index contributed by atoms with van der Waals surface area (Å²) in [6, 6.07) is 9.55. The van der Waals surface area contributed by atoms with E-state index in [9.17, 15) is 17.6 Å². The fourth-order valence-corrected chi connectivity index (χ4v) is 4.95. The summed E-state index contributed by atoms with van der Waals surface area (Å²) >= 11 is 5.88. The van der Waals surface area contributed by atoms with E-state index in [1.54, 1.807) is 19.1 Å². The van der Waals surface area contributed by atoms with Crippen LogP contribution < -0.4 is 5.32 Å². The van der Waals surface area contributed by atoms with Crippen LogP contribution in [0.4, 0.5) is 4.39 Å². The Bertz CT molecular complexity index is 964. The number of nitrogens with one attached hydrogen (secondary N) is 1. The molecule has 2 aromatic carbocycles. The lowest BCUT2D eigenvalue weighted by Gasteiger charge is -2.29. The number of nitrogens with zero attached hydrogens (tertiary/aromatic N) is 1. The molecule has 28 heavy (non-hydrogen) atoms. The number of rotatable bonds is 5. The summed E-state index contributed by atoms with van der Waals surface area (Å²) in [5.41, 5.74) is 0.959. The van der Waals surface area contributed by atoms with E-state index in [1.807, 2.05) is 0 Å². The van der Waals surface area contributed by atoms with Gasteiger partial charge in [0, 0.05) is 18.1 Å². The van der Waals surface area contributed by atoms with Crippen LogP contribution in [0.3, 0.4) is 0 Å². The molecular formula is C20H22ClFN2O3S. The number of halogens is 2. The Morgan fingerprint density at radius 2 is 1.89 bits per heavy atom. The molecule has 1 atom stereocenters. The van der Waals surface area contributed by atoms with E-state index < -0.39 is 21.9 Å². The fourth-order valence-electron chi connectivity index (χ4n) is 3.22. The zero-order valence-corrected chi connectivity index (χ0v) is 17.1. The van der Waals surface area contributed by atoms with E-state index in [0.29, 0.717) is 29.1 Å². The maximum atomic E-state index is 14.0. The highest BCUT2D eigenvalue weighted by Gasteiger charge is 2.36. The number of carbonyl (C=O) groups excluding carboxylic acids is 1. The Hall–Kier alpha value is -1.96. The molecule has 1 amide bonds. The van der Waals surface area contributed by atoms with E-state index in [-0.39, 0.29) is 17.3 Å². The molecule has 150 valence electrons. The van der Waals surface area contributed by atoms with Crippen LogP contribution in [0.1, 0.15) is 30.4 Å². The second-order valence-corrected chi connectivity index (χ2v) is 9.22. The van der Waals surface area contributed by atoms with Crippen LogP contribution in [-0.2, 0) is 21.4 Å². The molecule has 0 unspecified atom stereocenters. The first-order chi connectivity index (χ1) is 13.3. The van der Waals surface area contributed by atoms with Gasteiger partial charge in [0.15, 0.2) is 0 Å². The number of sulfonamides is 1. The molecule has 1 N–H and O–H groups in total. The minimum absolute atomic E-state index is 0.0431. The van der Waals surface area contributed by atoms with E-state index in [1.165, 1.54) is 34.6 Å². The number of benzene rings is 2. The molecule has 1 aliphatic heterocycles. The molecule has 3 rings (SSSR count). The summed E-state index contributed by atoms with van der Waals surface area (Å²) in [5.74, 6) is -0.741. The molecule has 1 fully saturated rings. The first-order valence-electron chi connectivity index (χ1n) is 9.09. The van der Waals surface area contributed by atoms with Gasteiger partial charge in [-0.05, 0) is 67.6 Å². The Balaban J connectivity index is 2.03. The smallest absolute Gasteiger partial charge is 0.244 e. The minimum atomic E-state index is -4.00. The Morgan fingerprint density at radius 1 is 1.18 bits per heavy atom. The highest BCUT2D eigenvalue weighted by atomic mass is 35.5. The lowest BCUT2D eigenvalue weighted by atomic mass is 10.1. The molecule has 8 heteroatoms. The van der Waals surface area contributed by atoms with Crippen LogP contribution in [0.5, 0.6) is 0 Å². The van der Waals surface area contributed by atoms with Crippen molar-refractivity contribution in [2.75, 3.05) is 6.54 Å². The summed E-state index contributed by atoms with van der Waals surface area (Å²) in [6.45, 7) is 2.06. The molecule has 2 aromatic rings. The monoisotopic (exact) mass is 424 g/mol. The molecule has 0 bridgehead atoms. The van der Waals surface area contributed by atoms with Gasteiger partial charge in [0.25, 0.3) is 0 Å². The van der Waals surface area contributed by atoms with E-state index in [0.717, 1.165) is 12.8 Å². The Kier molecular flexibility index (Phi) is 6.37. The number of hydrogen-bond acceptors (Lipinski definition) is 3. The summed E-state index contributed by atoms with van der Waals surface area (Å²) in [7, 11) is -4.00. The fraction of sp³-hybridized carbons (Fsp3) is 0.350. The molecule has 5 nitrogen and oxygen atoms in total. The predicted molar refractivity (Wildman–Crippen MR) is 106 cm³/mol. The van der Waals surface area contributed by atoms with Crippen LogP contribution in [0.2, 0.25) is 5.02 Å². The van der Waals surface area contributed by atoms with Crippen LogP contribution >= 0.6 is 11.6 Å². The van der Waals surface area contributed by atoms with Gasteiger partial charge < -0.3 is 5.32 Å². The second kappa shape index (κ2) is 8.59. The van der Waals surface area contributed by atoms with Crippen molar-refractivity contribution in [1.82, 2.24) is 9.62 Å². The van der Waals surface area contributed by atoms with E-state index in [4.69, 9.17) is 11.6 Å². The van der Waals surface area contributed by atoms with Crippen LogP contribution in [-0.4, -0.2) is 31.2 Å². The van der Waals surface area contributed by atoms with Gasteiger partial charge in [0.05, 0.1) is 4.90 Å². The van der Waals surface area contributed by atoms with Crippen molar-refractivity contribution in [3.8, 4) is 0 Å². The first-order valence-corrected chi connectivity index (χ1v) is 10.9. The van der Waals surface area contributed by atoms with Gasteiger partial charge in [-0.3, -0.25) is 4.79 Å². The Labute approximate surface area is 169 Å². The molecule has 0 spiro atoms. The maximum Gasteiger partial charge on any atom is 0.244 e. The number of aryl methyl sites for hydroxylation is 1. The molecular weight excluding hydrogens is 403 g/mol. The van der Waals surface area contributed by atoms with Gasteiger partial charge in [-0.25, -0.2) is 12.8 Å². The standard InChI is InChI=1S/C20H22ClFN2O3S/c1-14-5-6-15(12-18(14)22)13-24(19-4-2-3-11-23-20(19)25)28(26,27)17-9-7-16(21)8-10-17/h5-10,12,19H,2-4,11,13H2,1H3,(H,23,25)/t19-/m1/s1. The average molecular weight is 425 g/mol. The second-order valence-electron chi connectivity index (χ2n) is 6.89. The van der Waals surface area contributed by atoms with Crippen molar-refractivity contribution < 1.29 is 17.6 Å². The Morgan fingerprint density at radius 3 is 2.57 bits per heavy atom. The highest BCUT2D eigenvalue weighted by Crippen LogP contribution is 2.26. The molecule has 0 radical (unpaired) electrons. The quantitative estimate of drug-likeness (QED) is 0.796.